The molecule has 0 atom stereocenters. The van der Waals surface area contributed by atoms with Crippen molar-refractivity contribution >= 4 is 35.3 Å². The van der Waals surface area contributed by atoms with Crippen LogP contribution >= 0.6 is 11.6 Å². The first-order chi connectivity index (χ1) is 15.0. The number of hydrazone groups is 1. The molecule has 2 amide bonds. The van der Waals surface area contributed by atoms with Crippen LogP contribution in [0.5, 0.6) is 11.5 Å². The molecule has 3 aromatic carbocycles. The van der Waals surface area contributed by atoms with Crippen LogP contribution in [0.25, 0.3) is 0 Å². The smallest absolute Gasteiger partial charge is 0.329 e. The molecule has 2 N–H and O–H groups in total. The van der Waals surface area contributed by atoms with E-state index in [9.17, 15) is 9.59 Å². The maximum atomic E-state index is 11.9. The quantitative estimate of drug-likeness (QED) is 0.332. The van der Waals surface area contributed by atoms with Crippen LogP contribution in [0.1, 0.15) is 11.1 Å². The number of anilines is 1. The van der Waals surface area contributed by atoms with Crippen molar-refractivity contribution in [1.82, 2.24) is 5.43 Å². The third-order valence-corrected chi connectivity index (χ3v) is 4.36. The lowest BCUT2D eigenvalue weighted by Gasteiger charge is -2.11. The molecule has 31 heavy (non-hydrogen) atoms. The van der Waals surface area contributed by atoms with Gasteiger partial charge in [0.2, 0.25) is 0 Å². The van der Waals surface area contributed by atoms with Gasteiger partial charge in [0.25, 0.3) is 0 Å². The van der Waals surface area contributed by atoms with Gasteiger partial charge >= 0.3 is 11.8 Å². The molecule has 158 valence electrons. The van der Waals surface area contributed by atoms with Crippen molar-refractivity contribution in [3.63, 3.8) is 0 Å². The summed E-state index contributed by atoms with van der Waals surface area (Å²) in [4.78, 5) is 23.7. The van der Waals surface area contributed by atoms with Crippen LogP contribution < -0.4 is 20.2 Å². The highest BCUT2D eigenvalue weighted by Crippen LogP contribution is 2.28. The molecule has 0 fully saturated rings. The summed E-state index contributed by atoms with van der Waals surface area (Å²) in [7, 11) is 1.53. The summed E-state index contributed by atoms with van der Waals surface area (Å²) in [6, 6.07) is 21.2. The summed E-state index contributed by atoms with van der Waals surface area (Å²) in [5, 5.41) is 6.96. The lowest BCUT2D eigenvalue weighted by Crippen LogP contribution is -2.32. The van der Waals surface area contributed by atoms with Crippen molar-refractivity contribution < 1.29 is 19.1 Å². The van der Waals surface area contributed by atoms with Crippen LogP contribution in [0.15, 0.2) is 77.9 Å². The molecule has 7 nitrogen and oxygen atoms in total. The van der Waals surface area contributed by atoms with Gasteiger partial charge in [-0.25, -0.2) is 5.43 Å². The summed E-state index contributed by atoms with van der Waals surface area (Å²) < 4.78 is 11.2. The average molecular weight is 438 g/mol. The van der Waals surface area contributed by atoms with E-state index in [1.165, 1.54) is 13.3 Å². The Morgan fingerprint density at radius 2 is 1.71 bits per heavy atom. The number of carbonyl (C=O) groups excluding carboxylic acids is 2. The molecule has 3 aromatic rings. The highest BCUT2D eigenvalue weighted by atomic mass is 35.5. The van der Waals surface area contributed by atoms with Gasteiger partial charge in [0, 0.05) is 10.7 Å². The SMILES string of the molecule is COc1cc(/C=N\NC(=O)C(=O)Nc2ccccc2)ccc1OCc1ccc(Cl)cc1. The van der Waals surface area contributed by atoms with E-state index in [4.69, 9.17) is 21.1 Å². The number of amides is 2. The second-order valence-corrected chi connectivity index (χ2v) is 6.78. The van der Waals surface area contributed by atoms with Crippen LogP contribution in [-0.2, 0) is 16.2 Å². The molecule has 0 aliphatic rings. The fraction of sp³-hybridized carbons (Fsp3) is 0.0870. The van der Waals surface area contributed by atoms with Crippen LogP contribution in [0.3, 0.4) is 0 Å². The van der Waals surface area contributed by atoms with Crippen LogP contribution in [0, 0.1) is 0 Å². The molecule has 0 aliphatic carbocycles. The average Bonchev–Trinajstić information content (AvgIpc) is 2.79. The Kier molecular flexibility index (Phi) is 7.61. The largest absolute Gasteiger partial charge is 0.493 e. The predicted octanol–water partition coefficient (Wildman–Crippen LogP) is 4.02. The molecule has 0 spiro atoms. The van der Waals surface area contributed by atoms with E-state index < -0.39 is 11.8 Å². The van der Waals surface area contributed by atoms with Crippen molar-refractivity contribution in [3.05, 3.63) is 88.9 Å². The minimum Gasteiger partial charge on any atom is -0.493 e. The standard InChI is InChI=1S/C23H20ClN3O4/c1-30-21-13-17(9-12-20(21)31-15-16-7-10-18(24)11-8-16)14-25-27-23(29)22(28)26-19-5-3-2-4-6-19/h2-14H,15H2,1H3,(H,26,28)(H,27,29)/b25-14-. The number of benzene rings is 3. The summed E-state index contributed by atoms with van der Waals surface area (Å²) in [6.45, 7) is 0.355. The zero-order valence-electron chi connectivity index (χ0n) is 16.7. The van der Waals surface area contributed by atoms with E-state index in [2.05, 4.69) is 15.8 Å². The third kappa shape index (κ3) is 6.58. The third-order valence-electron chi connectivity index (χ3n) is 4.11. The lowest BCUT2D eigenvalue weighted by molar-refractivity contribution is -0.136. The summed E-state index contributed by atoms with van der Waals surface area (Å²) in [6.07, 6.45) is 1.40. The number of para-hydroxylation sites is 1. The van der Waals surface area contributed by atoms with E-state index in [0.29, 0.717) is 34.4 Å². The fourth-order valence-electron chi connectivity index (χ4n) is 2.55. The minimum atomic E-state index is -0.880. The Morgan fingerprint density at radius 3 is 2.42 bits per heavy atom. The molecule has 8 heteroatoms. The maximum absolute atomic E-state index is 11.9. The number of carbonyl (C=O) groups is 2. The van der Waals surface area contributed by atoms with Crippen molar-refractivity contribution in [3.8, 4) is 11.5 Å². The minimum absolute atomic E-state index is 0.355. The van der Waals surface area contributed by atoms with E-state index in [-0.39, 0.29) is 0 Å². The van der Waals surface area contributed by atoms with Crippen molar-refractivity contribution in [2.24, 2.45) is 5.10 Å². The number of ether oxygens (including phenoxy) is 2. The van der Waals surface area contributed by atoms with E-state index >= 15 is 0 Å². The zero-order chi connectivity index (χ0) is 22.1. The van der Waals surface area contributed by atoms with Crippen LogP contribution in [0.2, 0.25) is 5.02 Å². The molecule has 0 unspecified atom stereocenters. The molecular formula is C23H20ClN3O4. The highest BCUT2D eigenvalue weighted by molar-refractivity contribution is 6.39. The monoisotopic (exact) mass is 437 g/mol. The van der Waals surface area contributed by atoms with E-state index in [1.54, 1.807) is 54.6 Å². The normalized spacial score (nSPS) is 10.5. The van der Waals surface area contributed by atoms with Crippen molar-refractivity contribution in [1.29, 1.82) is 0 Å². The number of rotatable bonds is 7. The Bertz CT molecular complexity index is 1070. The lowest BCUT2D eigenvalue weighted by atomic mass is 10.2. The first-order valence-corrected chi connectivity index (χ1v) is 9.67. The Hall–Kier alpha value is -3.84. The molecule has 0 bridgehead atoms. The number of methoxy groups -OCH3 is 1. The van der Waals surface area contributed by atoms with Crippen LogP contribution in [-0.4, -0.2) is 25.1 Å². The molecule has 0 saturated carbocycles. The van der Waals surface area contributed by atoms with E-state index in [1.807, 2.05) is 18.2 Å². The van der Waals surface area contributed by atoms with Crippen molar-refractivity contribution in [2.45, 2.75) is 6.61 Å². The Balaban J connectivity index is 1.56. The fourth-order valence-corrected chi connectivity index (χ4v) is 2.68. The maximum Gasteiger partial charge on any atom is 0.329 e. The molecular weight excluding hydrogens is 418 g/mol. The number of nitrogens with one attached hydrogen (secondary N) is 2. The van der Waals surface area contributed by atoms with Gasteiger partial charge in [-0.1, -0.05) is 41.9 Å². The molecule has 3 rings (SSSR count). The number of nitrogens with zero attached hydrogens (tertiary/aromatic N) is 1. The molecule has 0 radical (unpaired) electrons. The first-order valence-electron chi connectivity index (χ1n) is 9.30. The highest BCUT2D eigenvalue weighted by Gasteiger charge is 2.12. The molecule has 0 heterocycles. The van der Waals surface area contributed by atoms with Crippen molar-refractivity contribution in [2.75, 3.05) is 12.4 Å². The summed E-state index contributed by atoms with van der Waals surface area (Å²) in [5.74, 6) is -0.631. The van der Waals surface area contributed by atoms with Gasteiger partial charge in [0.05, 0.1) is 13.3 Å². The van der Waals surface area contributed by atoms with Gasteiger partial charge < -0.3 is 14.8 Å². The topological polar surface area (TPSA) is 89.0 Å². The van der Waals surface area contributed by atoms with Gasteiger partial charge in [-0.3, -0.25) is 9.59 Å². The first kappa shape index (κ1) is 21.9. The number of halogens is 1. The summed E-state index contributed by atoms with van der Waals surface area (Å²) >= 11 is 5.89. The van der Waals surface area contributed by atoms with Gasteiger partial charge in [0.15, 0.2) is 11.5 Å². The molecule has 0 saturated heterocycles. The number of hydrogen-bond acceptors (Lipinski definition) is 5. The summed E-state index contributed by atoms with van der Waals surface area (Å²) in [5.41, 5.74) is 4.33. The number of hydrogen-bond donors (Lipinski definition) is 2. The predicted molar refractivity (Wildman–Crippen MR) is 120 cm³/mol. The second kappa shape index (κ2) is 10.8. The van der Waals surface area contributed by atoms with Gasteiger partial charge in [-0.15, -0.1) is 0 Å². The van der Waals surface area contributed by atoms with Gasteiger partial charge in [-0.2, -0.15) is 5.10 Å². The zero-order valence-corrected chi connectivity index (χ0v) is 17.4. The van der Waals surface area contributed by atoms with Gasteiger partial charge in [0.1, 0.15) is 6.61 Å². The van der Waals surface area contributed by atoms with Crippen LogP contribution in [0.4, 0.5) is 5.69 Å². The second-order valence-electron chi connectivity index (χ2n) is 6.34. The molecule has 0 aromatic heterocycles. The Morgan fingerprint density at radius 1 is 0.968 bits per heavy atom. The van der Waals surface area contributed by atoms with E-state index in [0.717, 1.165) is 5.56 Å². The Labute approximate surface area is 184 Å². The van der Waals surface area contributed by atoms with Gasteiger partial charge in [-0.05, 0) is 53.6 Å². The molecule has 0 aliphatic heterocycles.